The van der Waals surface area contributed by atoms with E-state index in [1.807, 2.05) is 7.05 Å². The molecule has 0 aromatic carbocycles. The molecule has 1 unspecified atom stereocenters. The first-order chi connectivity index (χ1) is 7.31. The number of nitrogens with one attached hydrogen (secondary N) is 1. The molecule has 0 bridgehead atoms. The summed E-state index contributed by atoms with van der Waals surface area (Å²) in [5, 5.41) is 22.0. The third kappa shape index (κ3) is 2.64. The number of aromatic nitrogens is 2. The zero-order valence-corrected chi connectivity index (χ0v) is 9.63. The van der Waals surface area contributed by atoms with Gasteiger partial charge < -0.3 is 10.4 Å². The number of nitrogens with zero attached hydrogens (tertiary/aromatic N) is 3. The van der Waals surface area contributed by atoms with E-state index in [9.17, 15) is 0 Å². The summed E-state index contributed by atoms with van der Waals surface area (Å²) in [4.78, 5) is 2.32. The van der Waals surface area contributed by atoms with Crippen molar-refractivity contribution in [1.82, 2.24) is 15.1 Å². The average Bonchev–Trinajstić information content (AvgIpc) is 2.87. The van der Waals surface area contributed by atoms with E-state index in [1.54, 1.807) is 11.3 Å². The fourth-order valence-corrected chi connectivity index (χ4v) is 2.55. The van der Waals surface area contributed by atoms with Crippen LogP contribution in [0.4, 0.5) is 5.13 Å². The van der Waals surface area contributed by atoms with Crippen LogP contribution in [0.1, 0.15) is 11.4 Å². The molecule has 6 heteroatoms. The van der Waals surface area contributed by atoms with Crippen LogP contribution < -0.4 is 5.32 Å². The smallest absolute Gasteiger partial charge is 0.205 e. The first-order valence-electron chi connectivity index (χ1n) is 5.15. The highest BCUT2D eigenvalue weighted by Gasteiger charge is 2.22. The average molecular weight is 228 g/mol. The maximum Gasteiger partial charge on any atom is 0.205 e. The highest BCUT2D eigenvalue weighted by Crippen LogP contribution is 2.21. The molecule has 1 saturated heterocycles. The Morgan fingerprint density at radius 2 is 2.47 bits per heavy atom. The molecule has 2 N–H and O–H groups in total. The van der Waals surface area contributed by atoms with E-state index >= 15 is 0 Å². The fraction of sp³-hybridized carbons (Fsp3) is 0.778. The topological polar surface area (TPSA) is 61.3 Å². The minimum atomic E-state index is 0.300. The normalized spacial score (nSPS) is 22.1. The van der Waals surface area contributed by atoms with Crippen LogP contribution in [0.5, 0.6) is 0 Å². The molecule has 2 rings (SSSR count). The van der Waals surface area contributed by atoms with E-state index in [0.717, 1.165) is 36.2 Å². The lowest BCUT2D eigenvalue weighted by atomic mass is 10.1. The van der Waals surface area contributed by atoms with Crippen LogP contribution in [0.25, 0.3) is 0 Å². The Morgan fingerprint density at radius 3 is 3.07 bits per heavy atom. The molecule has 0 amide bonds. The second-order valence-corrected chi connectivity index (χ2v) is 4.89. The van der Waals surface area contributed by atoms with Gasteiger partial charge in [0.2, 0.25) is 5.13 Å². The summed E-state index contributed by atoms with van der Waals surface area (Å²) >= 11 is 1.59. The summed E-state index contributed by atoms with van der Waals surface area (Å²) < 4.78 is 0. The van der Waals surface area contributed by atoms with Gasteiger partial charge in [0.25, 0.3) is 0 Å². The molecule has 2 heterocycles. The van der Waals surface area contributed by atoms with Crippen LogP contribution in [0, 0.1) is 5.92 Å². The fourth-order valence-electron chi connectivity index (χ4n) is 1.82. The third-order valence-corrected chi connectivity index (χ3v) is 3.59. The van der Waals surface area contributed by atoms with Gasteiger partial charge in [0.15, 0.2) is 0 Å². The minimum absolute atomic E-state index is 0.300. The van der Waals surface area contributed by atoms with Crippen molar-refractivity contribution in [1.29, 1.82) is 0 Å². The molecule has 15 heavy (non-hydrogen) atoms. The van der Waals surface area contributed by atoms with Crippen molar-refractivity contribution < 1.29 is 5.11 Å². The second kappa shape index (κ2) is 4.87. The summed E-state index contributed by atoms with van der Waals surface area (Å²) in [6.45, 7) is 3.19. The molecule has 1 atom stereocenters. The zero-order valence-electron chi connectivity index (χ0n) is 8.81. The first kappa shape index (κ1) is 10.8. The molecule has 84 valence electrons. The number of hydrogen-bond donors (Lipinski definition) is 2. The van der Waals surface area contributed by atoms with Crippen molar-refractivity contribution in [2.45, 2.75) is 13.0 Å². The molecule has 1 aromatic heterocycles. The van der Waals surface area contributed by atoms with Gasteiger partial charge in [-0.15, -0.1) is 10.2 Å². The summed E-state index contributed by atoms with van der Waals surface area (Å²) in [6.07, 6.45) is 1.09. The van der Waals surface area contributed by atoms with Gasteiger partial charge in [-0.05, 0) is 18.9 Å². The molecular formula is C9H16N4OS. The highest BCUT2D eigenvalue weighted by molar-refractivity contribution is 7.15. The van der Waals surface area contributed by atoms with Gasteiger partial charge in [-0.25, -0.2) is 0 Å². The molecule has 0 saturated carbocycles. The van der Waals surface area contributed by atoms with E-state index in [1.165, 1.54) is 0 Å². The van der Waals surface area contributed by atoms with Crippen LogP contribution in [-0.4, -0.2) is 46.9 Å². The van der Waals surface area contributed by atoms with Gasteiger partial charge in [0.1, 0.15) is 5.01 Å². The van der Waals surface area contributed by atoms with Crippen LogP contribution in [0.15, 0.2) is 0 Å². The Morgan fingerprint density at radius 1 is 1.60 bits per heavy atom. The summed E-state index contributed by atoms with van der Waals surface area (Å²) in [5.74, 6) is 0.446. The van der Waals surface area contributed by atoms with Gasteiger partial charge in [0, 0.05) is 20.2 Å². The Bertz CT molecular complexity index is 317. The van der Waals surface area contributed by atoms with Gasteiger partial charge >= 0.3 is 0 Å². The number of hydrogen-bond acceptors (Lipinski definition) is 6. The van der Waals surface area contributed by atoms with E-state index < -0.39 is 0 Å². The van der Waals surface area contributed by atoms with Crippen LogP contribution in [0.2, 0.25) is 0 Å². The SMILES string of the molecule is CNc1nnc(CN2CCC(CO)C2)s1. The van der Waals surface area contributed by atoms with E-state index in [4.69, 9.17) is 5.11 Å². The lowest BCUT2D eigenvalue weighted by molar-refractivity contribution is 0.220. The van der Waals surface area contributed by atoms with Gasteiger partial charge in [-0.3, -0.25) is 4.90 Å². The summed E-state index contributed by atoms with van der Waals surface area (Å²) in [7, 11) is 1.85. The summed E-state index contributed by atoms with van der Waals surface area (Å²) in [6, 6.07) is 0. The van der Waals surface area contributed by atoms with Gasteiger partial charge in [-0.2, -0.15) is 0 Å². The predicted molar refractivity (Wildman–Crippen MR) is 59.9 cm³/mol. The molecule has 1 aromatic rings. The first-order valence-corrected chi connectivity index (χ1v) is 5.97. The highest BCUT2D eigenvalue weighted by atomic mass is 32.1. The molecule has 1 aliphatic heterocycles. The Hall–Kier alpha value is -0.720. The zero-order chi connectivity index (χ0) is 10.7. The number of aliphatic hydroxyl groups excluding tert-OH is 1. The molecule has 0 spiro atoms. The molecular weight excluding hydrogens is 212 g/mol. The Labute approximate surface area is 93.1 Å². The molecule has 0 radical (unpaired) electrons. The predicted octanol–water partition coefficient (Wildman–Crippen LogP) is 0.394. The lowest BCUT2D eigenvalue weighted by Gasteiger charge is -2.12. The summed E-state index contributed by atoms with van der Waals surface area (Å²) in [5.41, 5.74) is 0. The van der Waals surface area contributed by atoms with Crippen molar-refractivity contribution >= 4 is 16.5 Å². The molecule has 1 fully saturated rings. The van der Waals surface area contributed by atoms with Crippen molar-refractivity contribution in [2.24, 2.45) is 5.92 Å². The van der Waals surface area contributed by atoms with Crippen molar-refractivity contribution in [2.75, 3.05) is 32.1 Å². The van der Waals surface area contributed by atoms with E-state index in [0.29, 0.717) is 12.5 Å². The lowest BCUT2D eigenvalue weighted by Crippen LogP contribution is -2.20. The Balaban J connectivity index is 1.87. The number of anilines is 1. The minimum Gasteiger partial charge on any atom is -0.396 e. The second-order valence-electron chi connectivity index (χ2n) is 3.82. The number of aliphatic hydroxyl groups is 1. The third-order valence-electron chi connectivity index (χ3n) is 2.67. The van der Waals surface area contributed by atoms with Gasteiger partial charge in [0.05, 0.1) is 6.54 Å². The van der Waals surface area contributed by atoms with E-state index in [2.05, 4.69) is 20.4 Å². The van der Waals surface area contributed by atoms with Crippen LogP contribution in [0.3, 0.4) is 0 Å². The largest absolute Gasteiger partial charge is 0.396 e. The quantitative estimate of drug-likeness (QED) is 0.781. The monoisotopic (exact) mass is 228 g/mol. The Kier molecular flexibility index (Phi) is 3.50. The van der Waals surface area contributed by atoms with Crippen molar-refractivity contribution in [3.63, 3.8) is 0 Å². The van der Waals surface area contributed by atoms with Crippen molar-refractivity contribution in [3.05, 3.63) is 5.01 Å². The van der Waals surface area contributed by atoms with E-state index in [-0.39, 0.29) is 0 Å². The van der Waals surface area contributed by atoms with Gasteiger partial charge in [-0.1, -0.05) is 11.3 Å². The molecule has 0 aliphatic carbocycles. The number of rotatable bonds is 4. The van der Waals surface area contributed by atoms with Crippen LogP contribution >= 0.6 is 11.3 Å². The van der Waals surface area contributed by atoms with Crippen molar-refractivity contribution in [3.8, 4) is 0 Å². The van der Waals surface area contributed by atoms with Crippen LogP contribution in [-0.2, 0) is 6.54 Å². The number of likely N-dealkylation sites (tertiary alicyclic amines) is 1. The standard InChI is InChI=1S/C9H16N4OS/c1-10-9-12-11-8(15-9)5-13-3-2-7(4-13)6-14/h7,14H,2-6H2,1H3,(H,10,12). The maximum atomic E-state index is 9.03. The molecule has 1 aliphatic rings. The maximum absolute atomic E-state index is 9.03. The molecule has 5 nitrogen and oxygen atoms in total.